The van der Waals surface area contributed by atoms with Crippen molar-refractivity contribution in [2.24, 2.45) is 5.11 Å². The first kappa shape index (κ1) is 14.2. The molecule has 0 radical (unpaired) electrons. The summed E-state index contributed by atoms with van der Waals surface area (Å²) >= 11 is 1.36. The molecule has 0 spiro atoms. The summed E-state index contributed by atoms with van der Waals surface area (Å²) in [5.41, 5.74) is 8.05. The minimum Gasteiger partial charge on any atom is -0.390 e. The van der Waals surface area contributed by atoms with Crippen molar-refractivity contribution in [3.8, 4) is 0 Å². The van der Waals surface area contributed by atoms with Gasteiger partial charge in [0.25, 0.3) is 0 Å². The number of aliphatic hydroxyl groups is 2. The van der Waals surface area contributed by atoms with Crippen LogP contribution in [0.3, 0.4) is 0 Å². The summed E-state index contributed by atoms with van der Waals surface area (Å²) in [6, 6.07) is 8.68. The van der Waals surface area contributed by atoms with Crippen molar-refractivity contribution in [2.45, 2.75) is 41.6 Å². The molecule has 1 fully saturated rings. The van der Waals surface area contributed by atoms with Crippen LogP contribution in [0.15, 0.2) is 40.3 Å². The van der Waals surface area contributed by atoms with Crippen molar-refractivity contribution in [3.05, 3.63) is 40.8 Å². The van der Waals surface area contributed by atoms with Gasteiger partial charge in [-0.25, -0.2) is 0 Å². The molecule has 0 saturated carbocycles. The predicted octanol–water partition coefficient (Wildman–Crippen LogP) is 1.92. The lowest BCUT2D eigenvalue weighted by Crippen LogP contribution is -2.54. The third-order valence-corrected chi connectivity index (χ3v) is 4.16. The van der Waals surface area contributed by atoms with Crippen LogP contribution < -0.4 is 0 Å². The van der Waals surface area contributed by atoms with E-state index in [-0.39, 0.29) is 0 Å². The molecule has 1 heterocycles. The van der Waals surface area contributed by atoms with Gasteiger partial charge in [0.1, 0.15) is 17.6 Å². The number of thioether (sulfide) groups is 1. The first-order valence-corrected chi connectivity index (χ1v) is 6.79. The van der Waals surface area contributed by atoms with Crippen molar-refractivity contribution in [3.63, 3.8) is 0 Å². The second kappa shape index (κ2) is 6.27. The summed E-state index contributed by atoms with van der Waals surface area (Å²) in [6.07, 6.45) is -2.69. The summed E-state index contributed by atoms with van der Waals surface area (Å²) in [4.78, 5) is 3.67. The maximum Gasteiger partial charge on any atom is 0.119 e. The Hall–Kier alpha value is -1.24. The van der Waals surface area contributed by atoms with Crippen molar-refractivity contribution in [2.75, 3.05) is 0 Å². The fourth-order valence-corrected chi connectivity index (χ4v) is 3.09. The molecule has 19 heavy (non-hydrogen) atoms. The zero-order valence-electron chi connectivity index (χ0n) is 10.3. The Labute approximate surface area is 115 Å². The first-order chi connectivity index (χ1) is 9.13. The molecule has 2 rings (SSSR count). The molecular weight excluding hydrogens is 266 g/mol. The van der Waals surface area contributed by atoms with E-state index in [0.29, 0.717) is 0 Å². The largest absolute Gasteiger partial charge is 0.390 e. The Kier molecular flexibility index (Phi) is 4.68. The number of nitrogens with zero attached hydrogens (tertiary/aromatic N) is 3. The van der Waals surface area contributed by atoms with Gasteiger partial charge >= 0.3 is 0 Å². The quantitative estimate of drug-likeness (QED) is 0.502. The van der Waals surface area contributed by atoms with Gasteiger partial charge in [0.15, 0.2) is 0 Å². The standard InChI is InChI=1S/C12H15N3O3S/c1-7-10(16)11(17)9(14-15-13)12(18-7)19-8-5-3-2-4-6-8/h2-7,9-12,16-17H,1H3/t7-,9+,10+,11-,12+/m1/s1. The lowest BCUT2D eigenvalue weighted by Gasteiger charge is -2.39. The highest BCUT2D eigenvalue weighted by atomic mass is 32.2. The van der Waals surface area contributed by atoms with E-state index in [2.05, 4.69) is 10.0 Å². The van der Waals surface area contributed by atoms with Crippen LogP contribution >= 0.6 is 11.8 Å². The van der Waals surface area contributed by atoms with Gasteiger partial charge in [0.2, 0.25) is 0 Å². The lowest BCUT2D eigenvalue weighted by molar-refractivity contribution is -0.147. The Morgan fingerprint density at radius 1 is 1.26 bits per heavy atom. The van der Waals surface area contributed by atoms with Crippen LogP contribution in [0.4, 0.5) is 0 Å². The maximum absolute atomic E-state index is 9.98. The van der Waals surface area contributed by atoms with Crippen molar-refractivity contribution in [1.29, 1.82) is 0 Å². The summed E-state index contributed by atoms with van der Waals surface area (Å²) in [5.74, 6) is 0. The number of ether oxygens (including phenoxy) is 1. The van der Waals surface area contributed by atoms with Crippen LogP contribution in [-0.4, -0.2) is 40.0 Å². The van der Waals surface area contributed by atoms with Crippen LogP contribution in [0.1, 0.15) is 6.92 Å². The summed E-state index contributed by atoms with van der Waals surface area (Å²) in [6.45, 7) is 1.68. The van der Waals surface area contributed by atoms with Crippen molar-refractivity contribution < 1.29 is 14.9 Å². The molecule has 0 amide bonds. The molecule has 0 aromatic heterocycles. The van der Waals surface area contributed by atoms with Gasteiger partial charge in [-0.15, -0.1) is 0 Å². The number of benzene rings is 1. The van der Waals surface area contributed by atoms with E-state index in [1.807, 2.05) is 30.3 Å². The van der Waals surface area contributed by atoms with E-state index in [9.17, 15) is 10.2 Å². The molecule has 1 aliphatic rings. The van der Waals surface area contributed by atoms with E-state index in [1.54, 1.807) is 6.92 Å². The van der Waals surface area contributed by atoms with Gasteiger partial charge in [-0.2, -0.15) is 0 Å². The number of azide groups is 1. The lowest BCUT2D eigenvalue weighted by atomic mass is 9.99. The molecule has 5 atom stereocenters. The van der Waals surface area contributed by atoms with Crippen molar-refractivity contribution in [1.82, 2.24) is 0 Å². The van der Waals surface area contributed by atoms with E-state index < -0.39 is 29.8 Å². The van der Waals surface area contributed by atoms with Gasteiger partial charge in [-0.3, -0.25) is 0 Å². The highest BCUT2D eigenvalue weighted by molar-refractivity contribution is 7.99. The zero-order valence-corrected chi connectivity index (χ0v) is 11.1. The highest BCUT2D eigenvalue weighted by Gasteiger charge is 2.42. The average Bonchev–Trinajstić information content (AvgIpc) is 2.42. The van der Waals surface area contributed by atoms with Gasteiger partial charge in [-0.1, -0.05) is 35.1 Å². The summed E-state index contributed by atoms with van der Waals surface area (Å²) < 4.78 is 5.63. The van der Waals surface area contributed by atoms with Crippen LogP contribution in [0.25, 0.3) is 10.4 Å². The summed E-state index contributed by atoms with van der Waals surface area (Å²) in [5, 5.41) is 23.3. The molecule has 0 aliphatic carbocycles. The van der Waals surface area contributed by atoms with E-state index in [1.165, 1.54) is 11.8 Å². The first-order valence-electron chi connectivity index (χ1n) is 5.91. The monoisotopic (exact) mass is 281 g/mol. The fraction of sp³-hybridized carbons (Fsp3) is 0.500. The molecule has 1 aromatic carbocycles. The Bertz CT molecular complexity index is 467. The summed E-state index contributed by atoms with van der Waals surface area (Å²) in [7, 11) is 0. The third-order valence-electron chi connectivity index (χ3n) is 2.99. The van der Waals surface area contributed by atoms with Gasteiger partial charge < -0.3 is 14.9 Å². The van der Waals surface area contributed by atoms with Crippen LogP contribution in [0.5, 0.6) is 0 Å². The third kappa shape index (κ3) is 3.20. The smallest absolute Gasteiger partial charge is 0.119 e. The van der Waals surface area contributed by atoms with Gasteiger partial charge in [0.05, 0.1) is 12.2 Å². The van der Waals surface area contributed by atoms with E-state index in [4.69, 9.17) is 10.3 Å². The Morgan fingerprint density at radius 3 is 2.58 bits per heavy atom. The van der Waals surface area contributed by atoms with Crippen LogP contribution in [0.2, 0.25) is 0 Å². The molecule has 1 aromatic rings. The number of aliphatic hydroxyl groups excluding tert-OH is 2. The van der Waals surface area contributed by atoms with Crippen LogP contribution in [0, 0.1) is 0 Å². The predicted molar refractivity (Wildman–Crippen MR) is 71.6 cm³/mol. The molecule has 1 saturated heterocycles. The zero-order chi connectivity index (χ0) is 13.8. The number of rotatable bonds is 3. The Balaban J connectivity index is 2.18. The van der Waals surface area contributed by atoms with Gasteiger partial charge in [0, 0.05) is 9.81 Å². The molecule has 0 unspecified atom stereocenters. The molecule has 7 heteroatoms. The molecule has 2 N–H and O–H groups in total. The number of hydrogen-bond acceptors (Lipinski definition) is 5. The van der Waals surface area contributed by atoms with E-state index >= 15 is 0 Å². The van der Waals surface area contributed by atoms with Crippen molar-refractivity contribution >= 4 is 11.8 Å². The number of hydrogen-bond donors (Lipinski definition) is 2. The van der Waals surface area contributed by atoms with E-state index in [0.717, 1.165) is 4.90 Å². The Morgan fingerprint density at radius 2 is 1.95 bits per heavy atom. The second-order valence-electron chi connectivity index (χ2n) is 4.32. The molecule has 0 bridgehead atoms. The topological polar surface area (TPSA) is 98.5 Å². The maximum atomic E-state index is 9.98. The average molecular weight is 281 g/mol. The second-order valence-corrected chi connectivity index (χ2v) is 5.49. The van der Waals surface area contributed by atoms with Gasteiger partial charge in [-0.05, 0) is 24.6 Å². The molecule has 102 valence electrons. The minimum absolute atomic E-state index is 0.513. The molecule has 6 nitrogen and oxygen atoms in total. The van der Waals surface area contributed by atoms with Crippen LogP contribution in [-0.2, 0) is 4.74 Å². The minimum atomic E-state index is -1.12. The normalized spacial score (nSPS) is 34.6. The highest BCUT2D eigenvalue weighted by Crippen LogP contribution is 2.34. The molecular formula is C12H15N3O3S. The SMILES string of the molecule is C[C@H]1O[C@@H](Sc2ccccc2)[C@@H](N=[N+]=[N-])[C@@H](O)[C@H]1O. The molecule has 1 aliphatic heterocycles. The fourth-order valence-electron chi connectivity index (χ4n) is 1.93.